The molecule has 3 atom stereocenters. The first-order valence-electron chi connectivity index (χ1n) is 7.70. The molecule has 1 N–H and O–H groups in total. The van der Waals surface area contributed by atoms with Gasteiger partial charge in [-0.15, -0.1) is 0 Å². The summed E-state index contributed by atoms with van der Waals surface area (Å²) in [5, 5.41) is 10.6. The summed E-state index contributed by atoms with van der Waals surface area (Å²) in [6, 6.07) is 1.83. The van der Waals surface area contributed by atoms with Crippen molar-refractivity contribution in [2.45, 2.75) is 44.4 Å². The zero-order valence-electron chi connectivity index (χ0n) is 12.5. The van der Waals surface area contributed by atoms with Crippen molar-refractivity contribution in [3.63, 3.8) is 0 Å². The van der Waals surface area contributed by atoms with E-state index in [1.54, 1.807) is 6.20 Å². The monoisotopic (exact) mass is 294 g/mol. The molecule has 2 saturated heterocycles. The van der Waals surface area contributed by atoms with Crippen molar-refractivity contribution >= 4 is 0 Å². The van der Waals surface area contributed by atoms with E-state index in [0.29, 0.717) is 32.2 Å². The minimum absolute atomic E-state index is 0.121. The molecule has 0 aliphatic carbocycles. The Labute approximate surface area is 124 Å². The van der Waals surface area contributed by atoms with Crippen molar-refractivity contribution < 1.29 is 14.2 Å². The van der Waals surface area contributed by atoms with E-state index in [-0.39, 0.29) is 11.7 Å². The lowest BCUT2D eigenvalue weighted by atomic mass is 9.79. The van der Waals surface area contributed by atoms with Crippen molar-refractivity contribution in [3.05, 3.63) is 29.8 Å². The largest absolute Gasteiger partial charge is 0.390 e. The summed E-state index contributed by atoms with van der Waals surface area (Å²) < 4.78 is 18.9. The van der Waals surface area contributed by atoms with Gasteiger partial charge in [0.1, 0.15) is 5.82 Å². The number of aromatic nitrogens is 1. The number of likely N-dealkylation sites (tertiary alicyclic amines) is 1. The van der Waals surface area contributed by atoms with Gasteiger partial charge in [0, 0.05) is 31.3 Å². The van der Waals surface area contributed by atoms with Crippen LogP contribution in [0, 0.1) is 11.7 Å². The van der Waals surface area contributed by atoms with Crippen LogP contribution in [0.4, 0.5) is 4.39 Å². The number of nitrogens with zero attached hydrogens (tertiary/aromatic N) is 2. The van der Waals surface area contributed by atoms with Crippen LogP contribution in [0.1, 0.15) is 31.7 Å². The van der Waals surface area contributed by atoms with Crippen LogP contribution in [-0.2, 0) is 11.3 Å². The maximum Gasteiger partial charge on any atom is 0.141 e. The van der Waals surface area contributed by atoms with Gasteiger partial charge in [-0.1, -0.05) is 0 Å². The molecule has 2 aliphatic rings. The highest BCUT2D eigenvalue weighted by Crippen LogP contribution is 2.36. The average Bonchev–Trinajstić information content (AvgIpc) is 2.86. The molecule has 0 spiro atoms. The lowest BCUT2D eigenvalue weighted by Crippen LogP contribution is -2.52. The van der Waals surface area contributed by atoms with Gasteiger partial charge in [-0.3, -0.25) is 9.88 Å². The van der Waals surface area contributed by atoms with Gasteiger partial charge in [-0.2, -0.15) is 0 Å². The summed E-state index contributed by atoms with van der Waals surface area (Å²) >= 11 is 0. The van der Waals surface area contributed by atoms with Crippen LogP contribution in [0.5, 0.6) is 0 Å². The van der Waals surface area contributed by atoms with E-state index in [0.717, 1.165) is 24.9 Å². The molecule has 3 heterocycles. The molecule has 5 heteroatoms. The first-order valence-corrected chi connectivity index (χ1v) is 7.70. The number of aliphatic hydroxyl groups is 1. The lowest BCUT2D eigenvalue weighted by Gasteiger charge is -2.43. The molecule has 0 amide bonds. The van der Waals surface area contributed by atoms with Gasteiger partial charge in [-0.25, -0.2) is 4.39 Å². The molecule has 3 rings (SSSR count). The highest BCUT2D eigenvalue weighted by atomic mass is 19.1. The van der Waals surface area contributed by atoms with Crippen LogP contribution in [0.15, 0.2) is 18.5 Å². The molecule has 2 aliphatic heterocycles. The predicted octanol–water partition coefficient (Wildman–Crippen LogP) is 1.97. The van der Waals surface area contributed by atoms with Crippen molar-refractivity contribution in [3.8, 4) is 0 Å². The van der Waals surface area contributed by atoms with E-state index in [1.165, 1.54) is 12.3 Å². The summed E-state index contributed by atoms with van der Waals surface area (Å²) in [4.78, 5) is 6.25. The van der Waals surface area contributed by atoms with Crippen molar-refractivity contribution in [1.82, 2.24) is 9.88 Å². The third-order valence-electron chi connectivity index (χ3n) is 4.87. The van der Waals surface area contributed by atoms with E-state index in [2.05, 4.69) is 9.88 Å². The Hall–Kier alpha value is -1.04. The standard InChI is InChI=1S/C16H23FN2O2/c1-16(20)4-6-21-11-14(16)15-3-2-5-19(15)10-12-7-13(17)9-18-8-12/h7-9,14-15,20H,2-6,10-11H2,1H3. The molecule has 1 aromatic heterocycles. The van der Waals surface area contributed by atoms with Crippen molar-refractivity contribution in [1.29, 1.82) is 0 Å². The second kappa shape index (κ2) is 5.99. The van der Waals surface area contributed by atoms with Gasteiger partial charge in [-0.05, 0) is 44.4 Å². The molecule has 0 radical (unpaired) electrons. The number of pyridine rings is 1. The second-order valence-corrected chi connectivity index (χ2v) is 6.48. The summed E-state index contributed by atoms with van der Waals surface area (Å²) in [7, 11) is 0. The van der Waals surface area contributed by atoms with E-state index in [9.17, 15) is 9.50 Å². The molecule has 1 aromatic rings. The van der Waals surface area contributed by atoms with E-state index >= 15 is 0 Å². The Kier molecular flexibility index (Phi) is 4.24. The summed E-state index contributed by atoms with van der Waals surface area (Å²) in [6.45, 7) is 4.82. The summed E-state index contributed by atoms with van der Waals surface area (Å²) in [6.07, 6.45) is 5.80. The predicted molar refractivity (Wildman–Crippen MR) is 77.2 cm³/mol. The van der Waals surface area contributed by atoms with Gasteiger partial charge < -0.3 is 9.84 Å². The Morgan fingerprint density at radius 3 is 3.14 bits per heavy atom. The number of ether oxygens (including phenoxy) is 1. The van der Waals surface area contributed by atoms with Crippen LogP contribution in [-0.4, -0.2) is 46.4 Å². The SMILES string of the molecule is CC1(O)CCOCC1C1CCCN1Cc1cncc(F)c1. The van der Waals surface area contributed by atoms with Gasteiger partial charge in [0.2, 0.25) is 0 Å². The minimum atomic E-state index is -0.675. The molecule has 116 valence electrons. The quantitative estimate of drug-likeness (QED) is 0.926. The third-order valence-corrected chi connectivity index (χ3v) is 4.87. The first-order chi connectivity index (χ1) is 10.1. The second-order valence-electron chi connectivity index (χ2n) is 6.48. The molecule has 2 fully saturated rings. The summed E-state index contributed by atoms with van der Waals surface area (Å²) in [5.41, 5.74) is 0.212. The molecule has 0 saturated carbocycles. The van der Waals surface area contributed by atoms with Crippen LogP contribution in [0.25, 0.3) is 0 Å². The topological polar surface area (TPSA) is 45.6 Å². The normalized spacial score (nSPS) is 34.2. The van der Waals surface area contributed by atoms with Crippen molar-refractivity contribution in [2.75, 3.05) is 19.8 Å². The smallest absolute Gasteiger partial charge is 0.141 e. The average molecular weight is 294 g/mol. The minimum Gasteiger partial charge on any atom is -0.390 e. The van der Waals surface area contributed by atoms with Crippen LogP contribution >= 0.6 is 0 Å². The number of rotatable bonds is 3. The van der Waals surface area contributed by atoms with Crippen molar-refractivity contribution in [2.24, 2.45) is 5.92 Å². The number of hydrogen-bond donors (Lipinski definition) is 1. The molecule has 3 unspecified atom stereocenters. The zero-order valence-corrected chi connectivity index (χ0v) is 12.5. The number of halogens is 1. The van der Waals surface area contributed by atoms with E-state index in [1.807, 2.05) is 6.92 Å². The van der Waals surface area contributed by atoms with Crippen LogP contribution in [0.3, 0.4) is 0 Å². The molecular formula is C16H23FN2O2. The zero-order chi connectivity index (χ0) is 14.9. The Morgan fingerprint density at radius 2 is 2.38 bits per heavy atom. The lowest BCUT2D eigenvalue weighted by molar-refractivity contribution is -0.123. The van der Waals surface area contributed by atoms with Gasteiger partial charge in [0.05, 0.1) is 18.4 Å². The molecule has 4 nitrogen and oxygen atoms in total. The molecular weight excluding hydrogens is 271 g/mol. The maximum absolute atomic E-state index is 13.3. The molecule has 0 bridgehead atoms. The third kappa shape index (κ3) is 3.25. The number of hydrogen-bond acceptors (Lipinski definition) is 4. The highest BCUT2D eigenvalue weighted by molar-refractivity contribution is 5.11. The Bertz CT molecular complexity index is 495. The van der Waals surface area contributed by atoms with Crippen LogP contribution < -0.4 is 0 Å². The highest BCUT2D eigenvalue weighted by Gasteiger charge is 2.43. The first kappa shape index (κ1) is 14.9. The van der Waals surface area contributed by atoms with Gasteiger partial charge in [0.25, 0.3) is 0 Å². The maximum atomic E-state index is 13.3. The van der Waals surface area contributed by atoms with Crippen LogP contribution in [0.2, 0.25) is 0 Å². The van der Waals surface area contributed by atoms with Gasteiger partial charge >= 0.3 is 0 Å². The molecule has 21 heavy (non-hydrogen) atoms. The summed E-state index contributed by atoms with van der Waals surface area (Å²) in [5.74, 6) is -0.175. The van der Waals surface area contributed by atoms with Gasteiger partial charge in [0.15, 0.2) is 0 Å². The fourth-order valence-electron chi connectivity index (χ4n) is 3.66. The van der Waals surface area contributed by atoms with E-state index in [4.69, 9.17) is 4.74 Å². The fraction of sp³-hybridized carbons (Fsp3) is 0.688. The Balaban J connectivity index is 1.73. The molecule has 0 aromatic carbocycles. The van der Waals surface area contributed by atoms with E-state index < -0.39 is 5.60 Å². The fourth-order valence-corrected chi connectivity index (χ4v) is 3.66. The Morgan fingerprint density at radius 1 is 1.52 bits per heavy atom.